The van der Waals surface area contributed by atoms with Gasteiger partial charge in [-0.2, -0.15) is 0 Å². The Morgan fingerprint density at radius 2 is 1.71 bits per heavy atom. The van der Waals surface area contributed by atoms with Gasteiger partial charge >= 0.3 is 0 Å². The van der Waals surface area contributed by atoms with Gasteiger partial charge in [-0.25, -0.2) is 0 Å². The minimum atomic E-state index is -2.04. The first-order valence-electron chi connectivity index (χ1n) is 13.3. The number of fused-ring (bicyclic) bond motifs is 3. The van der Waals surface area contributed by atoms with E-state index >= 15 is 0 Å². The van der Waals surface area contributed by atoms with Gasteiger partial charge in [-0.3, -0.25) is 24.1 Å². The van der Waals surface area contributed by atoms with Crippen LogP contribution >= 0.6 is 0 Å². The van der Waals surface area contributed by atoms with Crippen molar-refractivity contribution in [2.75, 3.05) is 21.3 Å². The van der Waals surface area contributed by atoms with Crippen LogP contribution in [0.2, 0.25) is 0 Å². The van der Waals surface area contributed by atoms with Crippen LogP contribution < -0.4 is 4.74 Å². The molecule has 0 bridgehead atoms. The van der Waals surface area contributed by atoms with Gasteiger partial charge in [0.15, 0.2) is 17.9 Å². The lowest BCUT2D eigenvalue weighted by Crippen LogP contribution is -2.55. The number of ether oxygens (including phenoxy) is 3. The van der Waals surface area contributed by atoms with Crippen LogP contribution in [0.25, 0.3) is 0 Å². The number of carbonyl (C=O) groups is 3. The second kappa shape index (κ2) is 11.0. The van der Waals surface area contributed by atoms with E-state index in [1.807, 2.05) is 0 Å². The molecule has 0 radical (unpaired) electrons. The van der Waals surface area contributed by atoms with Gasteiger partial charge < -0.3 is 34.6 Å². The quantitative estimate of drug-likeness (QED) is 0.231. The summed E-state index contributed by atoms with van der Waals surface area (Å²) in [5.74, 6) is -3.27. The molecule has 4 unspecified atom stereocenters. The summed E-state index contributed by atoms with van der Waals surface area (Å²) in [6.07, 6.45) is -4.98. The third kappa shape index (κ3) is 4.57. The number of hydrogen-bond donors (Lipinski definition) is 4. The Hall–Kier alpha value is -3.43. The minimum Gasteiger partial charge on any atom is -0.507 e. The van der Waals surface area contributed by atoms with Crippen LogP contribution in [0, 0.1) is 0 Å². The number of phenolic OH excluding ortho intramolecular Hbond substituents is 2. The van der Waals surface area contributed by atoms with Crippen LogP contribution in [-0.4, -0.2) is 94.5 Å². The maximum atomic E-state index is 13.8. The monoisotopic (exact) mass is 587 g/mol. The molecule has 42 heavy (non-hydrogen) atoms. The molecule has 0 aromatic heterocycles. The Morgan fingerprint density at radius 3 is 2.33 bits per heavy atom. The van der Waals surface area contributed by atoms with Crippen LogP contribution in [0.5, 0.6) is 17.2 Å². The fourth-order valence-corrected chi connectivity index (χ4v) is 6.15. The van der Waals surface area contributed by atoms with Crippen LogP contribution in [0.3, 0.4) is 0 Å². The largest absolute Gasteiger partial charge is 0.507 e. The molecule has 3 aliphatic rings. The minimum absolute atomic E-state index is 0.00278. The van der Waals surface area contributed by atoms with Crippen molar-refractivity contribution in [3.05, 3.63) is 51.6 Å². The van der Waals surface area contributed by atoms with E-state index < -0.39 is 82.6 Å². The van der Waals surface area contributed by atoms with E-state index in [1.165, 1.54) is 46.5 Å². The van der Waals surface area contributed by atoms with Gasteiger partial charge in [0.2, 0.25) is 5.78 Å². The Balaban J connectivity index is 1.64. The van der Waals surface area contributed by atoms with Crippen molar-refractivity contribution in [3.63, 3.8) is 0 Å². The summed E-state index contributed by atoms with van der Waals surface area (Å²) >= 11 is 0. The molecule has 1 fully saturated rings. The Bertz CT molecular complexity index is 1450. The number of aromatic hydroxyl groups is 2. The molecule has 13 nitrogen and oxygen atoms in total. The van der Waals surface area contributed by atoms with Crippen LogP contribution in [-0.2, 0) is 30.4 Å². The van der Waals surface area contributed by atoms with Gasteiger partial charge in [-0.1, -0.05) is 17.4 Å². The fourth-order valence-electron chi connectivity index (χ4n) is 6.15. The van der Waals surface area contributed by atoms with Crippen molar-refractivity contribution in [1.82, 2.24) is 5.23 Å². The SMILES string of the molecule is COc1cccc2c1C(=O)c1c(O)c3c(c(O)c1C2=O)C[C@@](O)(C(C)=O)C[C@@H]3OC1CC(N(OC)OC)C(O)C(C)O1. The van der Waals surface area contributed by atoms with E-state index in [2.05, 4.69) is 0 Å². The zero-order chi connectivity index (χ0) is 30.7. The van der Waals surface area contributed by atoms with Gasteiger partial charge in [0, 0.05) is 36.0 Å². The first kappa shape index (κ1) is 30.0. The zero-order valence-electron chi connectivity index (χ0n) is 23.7. The van der Waals surface area contributed by atoms with Crippen LogP contribution in [0.15, 0.2) is 18.2 Å². The van der Waals surface area contributed by atoms with E-state index in [-0.39, 0.29) is 40.8 Å². The van der Waals surface area contributed by atoms with Crippen molar-refractivity contribution in [2.45, 2.75) is 69.4 Å². The average molecular weight is 588 g/mol. The smallest absolute Gasteiger partial charge is 0.202 e. The van der Waals surface area contributed by atoms with Crippen molar-refractivity contribution in [1.29, 1.82) is 0 Å². The maximum Gasteiger partial charge on any atom is 0.202 e. The maximum absolute atomic E-state index is 13.8. The molecule has 5 rings (SSSR count). The van der Waals surface area contributed by atoms with Crippen LogP contribution in [0.1, 0.15) is 75.8 Å². The summed E-state index contributed by atoms with van der Waals surface area (Å²) in [5, 5.41) is 46.1. The highest BCUT2D eigenvalue weighted by atomic mass is 16.9. The first-order chi connectivity index (χ1) is 19.9. The highest BCUT2D eigenvalue weighted by molar-refractivity contribution is 6.31. The summed E-state index contributed by atoms with van der Waals surface area (Å²) < 4.78 is 17.4. The number of methoxy groups -OCH3 is 1. The molecule has 0 spiro atoms. The molecule has 13 heteroatoms. The van der Waals surface area contributed by atoms with Crippen LogP contribution in [0.4, 0.5) is 0 Å². The number of carbonyl (C=O) groups excluding carboxylic acids is 3. The summed E-state index contributed by atoms with van der Waals surface area (Å²) in [4.78, 5) is 50.3. The average Bonchev–Trinajstić information content (AvgIpc) is 2.95. The van der Waals surface area contributed by atoms with Gasteiger partial charge in [-0.15, -0.1) is 0 Å². The third-order valence-corrected chi connectivity index (χ3v) is 8.35. The summed E-state index contributed by atoms with van der Waals surface area (Å²) in [7, 11) is 4.04. The number of phenols is 2. The zero-order valence-corrected chi connectivity index (χ0v) is 23.7. The Morgan fingerprint density at radius 1 is 1.05 bits per heavy atom. The molecule has 2 aliphatic carbocycles. The summed E-state index contributed by atoms with van der Waals surface area (Å²) in [5.41, 5.74) is -3.18. The summed E-state index contributed by atoms with van der Waals surface area (Å²) in [6.45, 7) is 2.78. The number of aliphatic hydroxyl groups is 2. The highest BCUT2D eigenvalue weighted by Crippen LogP contribution is 2.52. The number of Topliss-reactive ketones (excluding diaryl/α,β-unsaturated/α-hetero) is 1. The third-order valence-electron chi connectivity index (χ3n) is 8.35. The van der Waals surface area contributed by atoms with Gasteiger partial charge in [-0.05, 0) is 19.9 Å². The molecule has 1 aliphatic heterocycles. The van der Waals surface area contributed by atoms with E-state index in [1.54, 1.807) is 6.92 Å². The topological polar surface area (TPSA) is 182 Å². The molecular formula is C29H33NO12. The molecule has 0 saturated carbocycles. The number of hydrogen-bond acceptors (Lipinski definition) is 13. The van der Waals surface area contributed by atoms with E-state index in [0.717, 1.165) is 5.23 Å². The number of ketones is 3. The first-order valence-corrected chi connectivity index (χ1v) is 13.3. The lowest BCUT2D eigenvalue weighted by Gasteiger charge is -2.43. The standard InChI is InChI=1S/C29H33NO12/c1-12-24(32)16(30(39-4)40-5)9-19(41-12)42-18-11-29(37,13(2)31)10-15-21(18)28(36)23-22(26(15)34)25(33)14-7-6-8-17(38-3)20(14)27(23)35/h6-8,12,16,18-19,24,32,34,36-37H,9-11H2,1-5H3/t12?,16?,18-,19?,24?,29-/m0/s1. The Kier molecular flexibility index (Phi) is 7.87. The molecule has 2 aromatic carbocycles. The van der Waals surface area contributed by atoms with Gasteiger partial charge in [0.25, 0.3) is 0 Å². The van der Waals surface area contributed by atoms with E-state index in [4.69, 9.17) is 23.9 Å². The lowest BCUT2D eigenvalue weighted by molar-refractivity contribution is -0.396. The van der Waals surface area contributed by atoms with Crippen molar-refractivity contribution in [2.24, 2.45) is 0 Å². The molecule has 2 aromatic rings. The second-order valence-corrected chi connectivity index (χ2v) is 10.7. The fraction of sp³-hybridized carbons (Fsp3) is 0.483. The number of aliphatic hydroxyl groups excluding tert-OH is 1. The number of hydroxylamine groups is 2. The highest BCUT2D eigenvalue weighted by Gasteiger charge is 2.50. The second-order valence-electron chi connectivity index (χ2n) is 10.7. The molecule has 226 valence electrons. The molecule has 6 atom stereocenters. The number of benzene rings is 2. The lowest BCUT2D eigenvalue weighted by atomic mass is 9.72. The predicted molar refractivity (Wildman–Crippen MR) is 142 cm³/mol. The van der Waals surface area contributed by atoms with Crippen molar-refractivity contribution < 1.29 is 58.7 Å². The molecule has 4 N–H and O–H groups in total. The van der Waals surface area contributed by atoms with Gasteiger partial charge in [0.1, 0.15) is 29.0 Å². The normalized spacial score (nSPS) is 28.7. The Labute approximate surface area is 241 Å². The molecular weight excluding hydrogens is 554 g/mol. The molecule has 1 saturated heterocycles. The van der Waals surface area contributed by atoms with Crippen molar-refractivity contribution in [3.8, 4) is 17.2 Å². The van der Waals surface area contributed by atoms with Crippen molar-refractivity contribution >= 4 is 17.3 Å². The van der Waals surface area contributed by atoms with E-state index in [0.29, 0.717) is 0 Å². The number of nitrogens with zero attached hydrogens (tertiary/aromatic N) is 1. The summed E-state index contributed by atoms with van der Waals surface area (Å²) in [6, 6.07) is 3.67. The van der Waals surface area contributed by atoms with E-state index in [9.17, 15) is 34.8 Å². The molecule has 0 amide bonds. The molecule has 1 heterocycles. The van der Waals surface area contributed by atoms with Gasteiger partial charge in [0.05, 0.1) is 56.3 Å². The number of rotatable bonds is 7. The predicted octanol–water partition coefficient (Wildman–Crippen LogP) is 1.49.